The van der Waals surface area contributed by atoms with Gasteiger partial charge in [0.05, 0.1) is 10.7 Å². The van der Waals surface area contributed by atoms with Crippen molar-refractivity contribution < 1.29 is 29.2 Å². The second-order valence-electron chi connectivity index (χ2n) is 8.48. The van der Waals surface area contributed by atoms with Crippen molar-refractivity contribution in [2.75, 3.05) is 38.6 Å². The van der Waals surface area contributed by atoms with Gasteiger partial charge in [0.25, 0.3) is 0 Å². The minimum Gasteiger partial charge on any atom is -0.489 e. The third-order valence-corrected chi connectivity index (χ3v) is 6.48. The van der Waals surface area contributed by atoms with E-state index < -0.39 is 18.7 Å². The maximum absolute atomic E-state index is 10.7. The van der Waals surface area contributed by atoms with Crippen molar-refractivity contribution in [2.45, 2.75) is 31.0 Å². The van der Waals surface area contributed by atoms with E-state index in [-0.39, 0.29) is 34.4 Å². The molecule has 1 fully saturated rings. The molecule has 33 heavy (non-hydrogen) atoms. The number of nitrogens with two attached hydrogens (primary N) is 1. The van der Waals surface area contributed by atoms with Gasteiger partial charge in [-0.1, -0.05) is 23.2 Å². The molecule has 2 aromatic carbocycles. The van der Waals surface area contributed by atoms with E-state index in [0.717, 1.165) is 48.7 Å². The van der Waals surface area contributed by atoms with Gasteiger partial charge in [-0.15, -0.1) is 0 Å². The molecule has 2 aliphatic rings. The van der Waals surface area contributed by atoms with Crippen LogP contribution in [0, 0.1) is 0 Å². The summed E-state index contributed by atoms with van der Waals surface area (Å²) in [6.45, 7) is 1.53. The predicted octanol–water partition coefficient (Wildman–Crippen LogP) is 3.25. The number of benzene rings is 2. The molecule has 2 aliphatic heterocycles. The van der Waals surface area contributed by atoms with Crippen LogP contribution in [0.25, 0.3) is 0 Å². The molecule has 1 atom stereocenters. The molecule has 0 radical (unpaired) electrons. The summed E-state index contributed by atoms with van der Waals surface area (Å²) in [6, 6.07) is 8.61. The van der Waals surface area contributed by atoms with Gasteiger partial charge in [-0.2, -0.15) is 0 Å². The number of hydrogen-bond donors (Lipinski definition) is 3. The fourth-order valence-corrected chi connectivity index (χ4v) is 4.71. The minimum absolute atomic E-state index is 0.0201. The van der Waals surface area contributed by atoms with Crippen LogP contribution in [0.1, 0.15) is 18.4 Å². The summed E-state index contributed by atoms with van der Waals surface area (Å²) in [6.07, 6.45) is 1.84. The lowest BCUT2D eigenvalue weighted by Gasteiger charge is -2.39. The fraction of sp³-hybridized carbons (Fsp3) is 0.435. The molecule has 2 heterocycles. The molecule has 1 spiro atoms. The van der Waals surface area contributed by atoms with Crippen molar-refractivity contribution in [1.82, 2.24) is 4.90 Å². The quantitative estimate of drug-likeness (QED) is 0.477. The van der Waals surface area contributed by atoms with Crippen LogP contribution in [0.15, 0.2) is 30.3 Å². The number of β-amino-alcohol motifs (C(OH)–C–C–N with tert-alkyl or cyclic N) is 1. The molecule has 0 aliphatic carbocycles. The van der Waals surface area contributed by atoms with Crippen molar-refractivity contribution in [1.29, 1.82) is 0 Å². The van der Waals surface area contributed by atoms with Crippen LogP contribution >= 0.6 is 23.2 Å². The number of anilines is 1. The van der Waals surface area contributed by atoms with Gasteiger partial charge >= 0.3 is 5.97 Å². The monoisotopic (exact) mass is 496 g/mol. The first kappa shape index (κ1) is 23.8. The third kappa shape index (κ3) is 5.76. The summed E-state index contributed by atoms with van der Waals surface area (Å²) in [4.78, 5) is 12.9. The van der Waals surface area contributed by atoms with Crippen LogP contribution in [-0.2, 0) is 11.2 Å². The van der Waals surface area contributed by atoms with E-state index in [9.17, 15) is 9.90 Å². The van der Waals surface area contributed by atoms with Crippen LogP contribution in [0.2, 0.25) is 10.0 Å². The second kappa shape index (κ2) is 9.85. The van der Waals surface area contributed by atoms with Gasteiger partial charge in [0.15, 0.2) is 6.61 Å². The smallest absolute Gasteiger partial charge is 0.341 e. The zero-order chi connectivity index (χ0) is 23.6. The third-order valence-electron chi connectivity index (χ3n) is 5.94. The van der Waals surface area contributed by atoms with Crippen LogP contribution < -0.4 is 19.9 Å². The Hall–Kier alpha value is -2.39. The van der Waals surface area contributed by atoms with E-state index in [4.69, 9.17) is 48.3 Å². The van der Waals surface area contributed by atoms with Gasteiger partial charge in [-0.05, 0) is 29.8 Å². The van der Waals surface area contributed by atoms with Gasteiger partial charge in [0.2, 0.25) is 0 Å². The number of ether oxygens (including phenoxy) is 3. The van der Waals surface area contributed by atoms with E-state index in [1.54, 1.807) is 0 Å². The van der Waals surface area contributed by atoms with E-state index in [2.05, 4.69) is 4.90 Å². The molecule has 178 valence electrons. The Labute approximate surface area is 201 Å². The number of aliphatic hydroxyl groups excluding tert-OH is 1. The Morgan fingerprint density at radius 1 is 1.18 bits per heavy atom. The molecule has 10 heteroatoms. The molecule has 0 saturated carbocycles. The number of rotatable bonds is 8. The minimum atomic E-state index is -1.13. The summed E-state index contributed by atoms with van der Waals surface area (Å²) in [5, 5.41) is 20.2. The number of carboxylic acid groups (broad SMARTS) is 1. The number of nitrogen functional groups attached to an aromatic ring is 1. The highest BCUT2D eigenvalue weighted by atomic mass is 35.5. The van der Waals surface area contributed by atoms with Crippen molar-refractivity contribution in [3.05, 3.63) is 45.9 Å². The second-order valence-corrected chi connectivity index (χ2v) is 9.33. The Balaban J connectivity index is 1.26. The van der Waals surface area contributed by atoms with Crippen molar-refractivity contribution in [2.24, 2.45) is 0 Å². The molecule has 4 rings (SSSR count). The summed E-state index contributed by atoms with van der Waals surface area (Å²) in [7, 11) is 0. The van der Waals surface area contributed by atoms with Gasteiger partial charge < -0.3 is 35.1 Å². The van der Waals surface area contributed by atoms with Gasteiger partial charge in [-0.3, -0.25) is 0 Å². The molecule has 0 unspecified atom stereocenters. The highest BCUT2D eigenvalue weighted by Gasteiger charge is 2.42. The first-order valence-electron chi connectivity index (χ1n) is 10.7. The molecule has 0 bridgehead atoms. The normalized spacial score (nSPS) is 17.9. The molecule has 4 N–H and O–H groups in total. The number of carboxylic acids is 1. The average Bonchev–Trinajstić information content (AvgIpc) is 3.11. The van der Waals surface area contributed by atoms with Crippen molar-refractivity contribution in [3.8, 4) is 17.2 Å². The molecule has 0 amide bonds. The highest BCUT2D eigenvalue weighted by molar-refractivity contribution is 6.32. The molecule has 8 nitrogen and oxygen atoms in total. The van der Waals surface area contributed by atoms with Crippen molar-refractivity contribution >= 4 is 34.9 Å². The number of likely N-dealkylation sites (tertiary alicyclic amines) is 1. The number of halogens is 2. The van der Waals surface area contributed by atoms with E-state index in [1.165, 1.54) is 12.1 Å². The van der Waals surface area contributed by atoms with Gasteiger partial charge in [0.1, 0.15) is 35.6 Å². The number of aliphatic carboxylic acids is 1. The highest BCUT2D eigenvalue weighted by Crippen LogP contribution is 2.42. The Morgan fingerprint density at radius 3 is 2.67 bits per heavy atom. The Bertz CT molecular complexity index is 1030. The lowest BCUT2D eigenvalue weighted by Crippen LogP contribution is -2.49. The van der Waals surface area contributed by atoms with Crippen LogP contribution in [0.3, 0.4) is 0 Å². The predicted molar refractivity (Wildman–Crippen MR) is 125 cm³/mol. The zero-order valence-corrected chi connectivity index (χ0v) is 19.4. The number of aliphatic hydroxyl groups is 1. The summed E-state index contributed by atoms with van der Waals surface area (Å²) < 4.78 is 17.1. The lowest BCUT2D eigenvalue weighted by atomic mass is 9.87. The van der Waals surface area contributed by atoms with E-state index in [1.807, 2.05) is 18.2 Å². The topological polar surface area (TPSA) is 114 Å². The first-order chi connectivity index (χ1) is 15.7. The fourth-order valence-electron chi connectivity index (χ4n) is 4.29. The average molecular weight is 497 g/mol. The van der Waals surface area contributed by atoms with Crippen LogP contribution in [0.4, 0.5) is 5.69 Å². The van der Waals surface area contributed by atoms with E-state index in [0.29, 0.717) is 6.54 Å². The molecule has 2 aromatic rings. The number of piperidine rings is 1. The number of fused-ring (bicyclic) bond motifs is 1. The summed E-state index contributed by atoms with van der Waals surface area (Å²) in [5.41, 5.74) is 7.15. The number of hydrogen-bond acceptors (Lipinski definition) is 7. The maximum Gasteiger partial charge on any atom is 0.341 e. The summed E-state index contributed by atoms with van der Waals surface area (Å²) in [5.74, 6) is 0.207. The Morgan fingerprint density at radius 2 is 1.94 bits per heavy atom. The van der Waals surface area contributed by atoms with Crippen LogP contribution in [0.5, 0.6) is 17.2 Å². The summed E-state index contributed by atoms with van der Waals surface area (Å²) >= 11 is 12.1. The van der Waals surface area contributed by atoms with Crippen LogP contribution in [-0.4, -0.2) is 65.6 Å². The van der Waals surface area contributed by atoms with Crippen molar-refractivity contribution in [3.63, 3.8) is 0 Å². The SMILES string of the molecule is Nc1cc(Cl)c(OCC(=O)O)cc1OC[C@@H](O)CN1CCC2(CC1)Cc1cc(Cl)ccc1O2. The maximum atomic E-state index is 10.7. The molecule has 1 saturated heterocycles. The van der Waals surface area contributed by atoms with E-state index >= 15 is 0 Å². The molecule has 0 aromatic heterocycles. The zero-order valence-electron chi connectivity index (χ0n) is 17.9. The number of carbonyl (C=O) groups is 1. The van der Waals surface area contributed by atoms with Gasteiger partial charge in [-0.25, -0.2) is 4.79 Å². The lowest BCUT2D eigenvalue weighted by molar-refractivity contribution is -0.139. The largest absolute Gasteiger partial charge is 0.489 e. The van der Waals surface area contributed by atoms with Gasteiger partial charge in [0, 0.05) is 50.0 Å². The molecular weight excluding hydrogens is 471 g/mol. The Kier molecular flexibility index (Phi) is 7.09. The number of nitrogens with zero attached hydrogens (tertiary/aromatic N) is 1. The standard InChI is InChI=1S/C23H26Cl2N2O6/c24-15-1-2-19-14(7-15)10-23(33-19)3-5-27(6-4-23)11-16(28)12-31-21-9-20(32-13-22(29)30)17(25)8-18(21)26/h1-2,7-9,16,28H,3-6,10-13,26H2,(H,29,30)/t16-/m0/s1. The molecular formula is C23H26Cl2N2O6. The first-order valence-corrected chi connectivity index (χ1v) is 11.4.